The van der Waals surface area contributed by atoms with Gasteiger partial charge in [-0.05, 0) is 25.0 Å². The number of rotatable bonds is 5. The molecule has 0 saturated carbocycles. The number of hydrogen-bond donors (Lipinski definition) is 2. The average Bonchev–Trinajstić information content (AvgIpc) is 2.47. The van der Waals surface area contributed by atoms with Crippen molar-refractivity contribution in [2.24, 2.45) is 0 Å². The first kappa shape index (κ1) is 15.7. The van der Waals surface area contributed by atoms with Gasteiger partial charge in [-0.1, -0.05) is 6.42 Å². The van der Waals surface area contributed by atoms with Crippen LogP contribution in [0.1, 0.15) is 19.3 Å². The van der Waals surface area contributed by atoms with E-state index in [1.165, 1.54) is 18.2 Å². The maximum absolute atomic E-state index is 12.4. The summed E-state index contributed by atoms with van der Waals surface area (Å²) in [5.41, 5.74) is 0.0677. The van der Waals surface area contributed by atoms with Gasteiger partial charge < -0.3 is 5.32 Å². The molecule has 0 aromatic heterocycles. The summed E-state index contributed by atoms with van der Waals surface area (Å²) in [6, 6.07) is 3.93. The number of hydrazine groups is 1. The third kappa shape index (κ3) is 3.69. The monoisotopic (exact) mass is 314 g/mol. The molecule has 21 heavy (non-hydrogen) atoms. The summed E-state index contributed by atoms with van der Waals surface area (Å²) in [5, 5.41) is 15.4. The number of nitro groups is 1. The molecule has 1 aromatic rings. The molecule has 0 spiro atoms. The lowest BCUT2D eigenvalue weighted by molar-refractivity contribution is -0.387. The van der Waals surface area contributed by atoms with Crippen LogP contribution in [0.4, 0.5) is 11.4 Å². The molecule has 0 bridgehead atoms. The fraction of sp³-hybridized carbons (Fsp3) is 0.500. The molecule has 1 aliphatic rings. The molecule has 116 valence electrons. The van der Waals surface area contributed by atoms with E-state index in [2.05, 4.69) is 10.1 Å². The van der Waals surface area contributed by atoms with Crippen LogP contribution in [0.2, 0.25) is 0 Å². The van der Waals surface area contributed by atoms with Crippen molar-refractivity contribution < 1.29 is 13.3 Å². The van der Waals surface area contributed by atoms with Crippen molar-refractivity contribution in [3.63, 3.8) is 0 Å². The lowest BCUT2D eigenvalue weighted by atomic mass is 10.2. The van der Waals surface area contributed by atoms with Crippen LogP contribution in [-0.2, 0) is 10.0 Å². The Balaban J connectivity index is 2.35. The number of piperidine rings is 1. The van der Waals surface area contributed by atoms with Gasteiger partial charge in [0.15, 0.2) is 4.90 Å². The van der Waals surface area contributed by atoms with Crippen molar-refractivity contribution in [1.29, 1.82) is 0 Å². The minimum Gasteiger partial charge on any atom is -0.388 e. The van der Waals surface area contributed by atoms with Gasteiger partial charge in [-0.2, -0.15) is 0 Å². The van der Waals surface area contributed by atoms with Crippen LogP contribution in [0.3, 0.4) is 0 Å². The summed E-state index contributed by atoms with van der Waals surface area (Å²) < 4.78 is 24.8. The van der Waals surface area contributed by atoms with Crippen LogP contribution in [0.5, 0.6) is 0 Å². The van der Waals surface area contributed by atoms with Gasteiger partial charge in [-0.25, -0.2) is 13.4 Å². The second-order valence-corrected chi connectivity index (χ2v) is 6.46. The molecule has 1 saturated heterocycles. The van der Waals surface area contributed by atoms with Gasteiger partial charge in [-0.3, -0.25) is 10.1 Å². The molecule has 0 amide bonds. The molecular weight excluding hydrogens is 296 g/mol. The molecule has 1 fully saturated rings. The molecule has 1 aliphatic heterocycles. The molecule has 1 heterocycles. The lowest BCUT2D eigenvalue weighted by Gasteiger charge is -2.26. The Kier molecular flexibility index (Phi) is 4.76. The number of anilines is 1. The van der Waals surface area contributed by atoms with E-state index in [0.29, 0.717) is 18.8 Å². The van der Waals surface area contributed by atoms with Gasteiger partial charge in [0.05, 0.1) is 4.92 Å². The van der Waals surface area contributed by atoms with E-state index >= 15 is 0 Å². The molecule has 8 nitrogen and oxygen atoms in total. The Bertz CT molecular complexity index is 626. The second-order valence-electron chi connectivity index (χ2n) is 4.83. The fourth-order valence-electron chi connectivity index (χ4n) is 2.24. The normalized spacial score (nSPS) is 16.6. The standard InChI is InChI=1S/C12H18N4O4S/c1-13-10-5-6-11(16(17)18)12(9-10)21(19,20)14-15-7-3-2-4-8-15/h5-6,9,13-14H,2-4,7-8H2,1H3. The van der Waals surface area contributed by atoms with E-state index in [1.54, 1.807) is 12.1 Å². The minimum atomic E-state index is -3.97. The van der Waals surface area contributed by atoms with Crippen molar-refractivity contribution in [2.75, 3.05) is 25.5 Å². The molecule has 9 heteroatoms. The summed E-state index contributed by atoms with van der Waals surface area (Å²) in [6.07, 6.45) is 2.87. The van der Waals surface area contributed by atoms with Crippen molar-refractivity contribution in [3.05, 3.63) is 28.3 Å². The Morgan fingerprint density at radius 3 is 2.48 bits per heavy atom. The Morgan fingerprint density at radius 2 is 1.90 bits per heavy atom. The molecule has 0 aliphatic carbocycles. The van der Waals surface area contributed by atoms with E-state index in [0.717, 1.165) is 19.3 Å². The highest BCUT2D eigenvalue weighted by molar-refractivity contribution is 7.89. The fourth-order valence-corrected chi connectivity index (χ4v) is 3.56. The Labute approximate surface area is 123 Å². The maximum atomic E-state index is 12.4. The highest BCUT2D eigenvalue weighted by Gasteiger charge is 2.28. The number of sulfonamides is 1. The van der Waals surface area contributed by atoms with Gasteiger partial charge in [-0.15, -0.1) is 4.83 Å². The second kappa shape index (κ2) is 6.37. The Morgan fingerprint density at radius 1 is 1.24 bits per heavy atom. The van der Waals surface area contributed by atoms with E-state index in [9.17, 15) is 18.5 Å². The molecule has 0 radical (unpaired) electrons. The van der Waals surface area contributed by atoms with Crippen LogP contribution >= 0.6 is 0 Å². The van der Waals surface area contributed by atoms with E-state index in [1.807, 2.05) is 0 Å². The number of nitrogens with one attached hydrogen (secondary N) is 2. The smallest absolute Gasteiger partial charge is 0.289 e. The minimum absolute atomic E-state index is 0.329. The number of nitro benzene ring substituents is 1. The van der Waals surface area contributed by atoms with Gasteiger partial charge in [0.25, 0.3) is 15.7 Å². The van der Waals surface area contributed by atoms with E-state index in [4.69, 9.17) is 0 Å². The maximum Gasteiger partial charge on any atom is 0.289 e. The lowest BCUT2D eigenvalue weighted by Crippen LogP contribution is -2.45. The molecule has 2 rings (SSSR count). The van der Waals surface area contributed by atoms with Crippen LogP contribution in [0.25, 0.3) is 0 Å². The zero-order valence-corrected chi connectivity index (χ0v) is 12.5. The first-order valence-corrected chi connectivity index (χ1v) is 8.16. The highest BCUT2D eigenvalue weighted by atomic mass is 32.2. The summed E-state index contributed by atoms with van der Waals surface area (Å²) >= 11 is 0. The summed E-state index contributed by atoms with van der Waals surface area (Å²) in [4.78, 5) is 12.5. The predicted octanol–water partition coefficient (Wildman–Crippen LogP) is 1.32. The molecule has 0 unspecified atom stereocenters. The van der Waals surface area contributed by atoms with Crippen molar-refractivity contribution >= 4 is 21.4 Å². The zero-order valence-electron chi connectivity index (χ0n) is 11.7. The highest BCUT2D eigenvalue weighted by Crippen LogP contribution is 2.27. The molecule has 1 aromatic carbocycles. The first-order chi connectivity index (χ1) is 9.94. The number of hydrogen-bond acceptors (Lipinski definition) is 6. The summed E-state index contributed by atoms with van der Waals surface area (Å²) in [7, 11) is -2.35. The van der Waals surface area contributed by atoms with Gasteiger partial charge in [0.2, 0.25) is 0 Å². The van der Waals surface area contributed by atoms with Crippen LogP contribution in [-0.4, -0.2) is 38.5 Å². The molecule has 0 atom stereocenters. The van der Waals surface area contributed by atoms with Crippen molar-refractivity contribution in [1.82, 2.24) is 9.84 Å². The van der Waals surface area contributed by atoms with Crippen molar-refractivity contribution in [2.45, 2.75) is 24.2 Å². The Hall–Kier alpha value is -1.71. The van der Waals surface area contributed by atoms with E-state index in [-0.39, 0.29) is 4.90 Å². The van der Waals surface area contributed by atoms with Gasteiger partial charge in [0.1, 0.15) is 0 Å². The van der Waals surface area contributed by atoms with Gasteiger partial charge >= 0.3 is 0 Å². The molecular formula is C12H18N4O4S. The largest absolute Gasteiger partial charge is 0.388 e. The predicted molar refractivity (Wildman–Crippen MR) is 78.4 cm³/mol. The van der Waals surface area contributed by atoms with Crippen molar-refractivity contribution in [3.8, 4) is 0 Å². The SMILES string of the molecule is CNc1ccc([N+](=O)[O-])c(S(=O)(=O)NN2CCCCC2)c1. The first-order valence-electron chi connectivity index (χ1n) is 6.67. The average molecular weight is 314 g/mol. The summed E-state index contributed by atoms with van der Waals surface area (Å²) in [5.74, 6) is 0. The van der Waals surface area contributed by atoms with Crippen LogP contribution in [0.15, 0.2) is 23.1 Å². The summed E-state index contributed by atoms with van der Waals surface area (Å²) in [6.45, 7) is 1.22. The van der Waals surface area contributed by atoms with Crippen LogP contribution in [0, 0.1) is 10.1 Å². The third-order valence-corrected chi connectivity index (χ3v) is 4.74. The number of nitrogens with zero attached hydrogens (tertiary/aromatic N) is 2. The number of benzene rings is 1. The van der Waals surface area contributed by atoms with E-state index < -0.39 is 20.6 Å². The molecule has 2 N–H and O–H groups in total. The zero-order chi connectivity index (χ0) is 15.5. The topological polar surface area (TPSA) is 105 Å². The van der Waals surface area contributed by atoms with Gasteiger partial charge in [0, 0.05) is 31.9 Å². The quantitative estimate of drug-likeness (QED) is 0.627. The van der Waals surface area contributed by atoms with Crippen LogP contribution < -0.4 is 10.1 Å². The third-order valence-electron chi connectivity index (χ3n) is 3.34.